The number of nitrogens with one attached hydrogen (secondary N) is 1. The molecule has 80 valence electrons. The third kappa shape index (κ3) is 8.12. The van der Waals surface area contributed by atoms with Crippen LogP contribution in [0.4, 0.5) is 8.78 Å². The van der Waals surface area contributed by atoms with Gasteiger partial charge in [0.25, 0.3) is 6.43 Å². The van der Waals surface area contributed by atoms with Crippen LogP contribution < -0.4 is 11.1 Å². The third-order valence-electron chi connectivity index (χ3n) is 2.00. The lowest BCUT2D eigenvalue weighted by molar-refractivity contribution is 0.140. The van der Waals surface area contributed by atoms with Gasteiger partial charge in [0.2, 0.25) is 0 Å². The highest BCUT2D eigenvalue weighted by molar-refractivity contribution is 4.67. The largest absolute Gasteiger partial charge is 0.329 e. The quantitative estimate of drug-likeness (QED) is 0.578. The molecule has 0 aliphatic heterocycles. The Morgan fingerprint density at radius 3 is 2.46 bits per heavy atom. The molecule has 0 fully saturated rings. The highest BCUT2D eigenvalue weighted by atomic mass is 19.3. The van der Waals surface area contributed by atoms with Gasteiger partial charge in [0.15, 0.2) is 0 Å². The van der Waals surface area contributed by atoms with Crippen LogP contribution in [0.15, 0.2) is 0 Å². The molecule has 0 aromatic rings. The van der Waals surface area contributed by atoms with E-state index in [0.29, 0.717) is 6.54 Å². The van der Waals surface area contributed by atoms with E-state index in [9.17, 15) is 8.78 Å². The van der Waals surface area contributed by atoms with Crippen molar-refractivity contribution in [2.75, 3.05) is 13.1 Å². The zero-order valence-electron chi connectivity index (χ0n) is 8.23. The first-order valence-corrected chi connectivity index (χ1v) is 4.92. The van der Waals surface area contributed by atoms with Gasteiger partial charge in [-0.1, -0.05) is 26.2 Å². The van der Waals surface area contributed by atoms with Gasteiger partial charge < -0.3 is 11.1 Å². The van der Waals surface area contributed by atoms with Crippen LogP contribution in [0.5, 0.6) is 0 Å². The van der Waals surface area contributed by atoms with Crippen molar-refractivity contribution in [1.82, 2.24) is 5.32 Å². The number of nitrogens with two attached hydrogens (primary N) is 1. The van der Waals surface area contributed by atoms with Crippen LogP contribution in [0.1, 0.15) is 32.6 Å². The molecule has 3 N–H and O–H groups in total. The van der Waals surface area contributed by atoms with E-state index >= 15 is 0 Å². The fourth-order valence-electron chi connectivity index (χ4n) is 1.20. The highest BCUT2D eigenvalue weighted by Gasteiger charge is 2.08. The molecule has 0 heterocycles. The maximum atomic E-state index is 11.8. The summed E-state index contributed by atoms with van der Waals surface area (Å²) >= 11 is 0. The molecule has 2 nitrogen and oxygen atoms in total. The number of unbranched alkanes of at least 4 members (excludes halogenated alkanes) is 2. The van der Waals surface area contributed by atoms with Crippen molar-refractivity contribution in [1.29, 1.82) is 0 Å². The Morgan fingerprint density at radius 1 is 1.31 bits per heavy atom. The summed E-state index contributed by atoms with van der Waals surface area (Å²) in [5, 5.41) is 2.75. The maximum absolute atomic E-state index is 11.8. The normalized spacial score (nSPS) is 13.6. The van der Waals surface area contributed by atoms with Crippen molar-refractivity contribution in [2.24, 2.45) is 5.73 Å². The van der Waals surface area contributed by atoms with Crippen LogP contribution in [0.25, 0.3) is 0 Å². The molecule has 0 saturated heterocycles. The summed E-state index contributed by atoms with van der Waals surface area (Å²) in [5.74, 6) is 0. The molecule has 0 radical (unpaired) electrons. The molecule has 4 heteroatoms. The molecule has 0 aliphatic rings. The number of rotatable bonds is 8. The molecule has 0 spiro atoms. The Kier molecular flexibility index (Phi) is 8.24. The van der Waals surface area contributed by atoms with E-state index in [0.717, 1.165) is 25.7 Å². The lowest BCUT2D eigenvalue weighted by Crippen LogP contribution is -2.38. The van der Waals surface area contributed by atoms with Crippen LogP contribution in [-0.4, -0.2) is 25.6 Å². The Balaban J connectivity index is 3.39. The van der Waals surface area contributed by atoms with E-state index in [2.05, 4.69) is 12.2 Å². The summed E-state index contributed by atoms with van der Waals surface area (Å²) in [6.07, 6.45) is 1.98. The predicted molar refractivity (Wildman–Crippen MR) is 51.0 cm³/mol. The van der Waals surface area contributed by atoms with Crippen molar-refractivity contribution < 1.29 is 8.78 Å². The molecule has 0 saturated carbocycles. The van der Waals surface area contributed by atoms with Crippen molar-refractivity contribution >= 4 is 0 Å². The monoisotopic (exact) mass is 194 g/mol. The smallest absolute Gasteiger partial charge is 0.250 e. The number of hydrogen-bond acceptors (Lipinski definition) is 2. The molecule has 1 unspecified atom stereocenters. The summed E-state index contributed by atoms with van der Waals surface area (Å²) in [6, 6.07) is 0.0561. The van der Waals surface area contributed by atoms with Gasteiger partial charge in [0, 0.05) is 12.6 Å². The fourth-order valence-corrected chi connectivity index (χ4v) is 1.20. The van der Waals surface area contributed by atoms with E-state index in [1.54, 1.807) is 0 Å². The topological polar surface area (TPSA) is 38.0 Å². The SMILES string of the molecule is CCCCCC(CN)NCC(F)F. The van der Waals surface area contributed by atoms with Crippen LogP contribution >= 0.6 is 0 Å². The lowest BCUT2D eigenvalue weighted by Gasteiger charge is -2.15. The first-order chi connectivity index (χ1) is 6.20. The first kappa shape index (κ1) is 12.8. The summed E-state index contributed by atoms with van der Waals surface area (Å²) in [5.41, 5.74) is 5.43. The Hall–Kier alpha value is -0.220. The average molecular weight is 194 g/mol. The molecule has 13 heavy (non-hydrogen) atoms. The van der Waals surface area contributed by atoms with Gasteiger partial charge in [0.1, 0.15) is 0 Å². The molecule has 1 atom stereocenters. The highest BCUT2D eigenvalue weighted by Crippen LogP contribution is 2.02. The van der Waals surface area contributed by atoms with Crippen LogP contribution in [0, 0.1) is 0 Å². The summed E-state index contributed by atoms with van der Waals surface area (Å²) in [6.45, 7) is 2.31. The summed E-state index contributed by atoms with van der Waals surface area (Å²) < 4.78 is 23.6. The Labute approximate surface area is 78.9 Å². The van der Waals surface area contributed by atoms with Gasteiger partial charge in [0.05, 0.1) is 6.54 Å². The summed E-state index contributed by atoms with van der Waals surface area (Å²) in [7, 11) is 0. The van der Waals surface area contributed by atoms with E-state index < -0.39 is 6.43 Å². The van der Waals surface area contributed by atoms with Crippen molar-refractivity contribution in [3.05, 3.63) is 0 Å². The third-order valence-corrected chi connectivity index (χ3v) is 2.00. The second-order valence-corrected chi connectivity index (χ2v) is 3.23. The molecule has 0 bridgehead atoms. The van der Waals surface area contributed by atoms with Crippen molar-refractivity contribution in [2.45, 2.75) is 45.1 Å². The minimum Gasteiger partial charge on any atom is -0.329 e. The number of halogens is 2. The molecular weight excluding hydrogens is 174 g/mol. The van der Waals surface area contributed by atoms with Gasteiger partial charge in [-0.25, -0.2) is 8.78 Å². The first-order valence-electron chi connectivity index (χ1n) is 4.92. The minimum atomic E-state index is -2.28. The van der Waals surface area contributed by atoms with Crippen molar-refractivity contribution in [3.8, 4) is 0 Å². The zero-order chi connectivity index (χ0) is 10.1. The molecule has 0 aromatic heterocycles. The molecule has 0 aromatic carbocycles. The minimum absolute atomic E-state index is 0.0561. The van der Waals surface area contributed by atoms with E-state index in [-0.39, 0.29) is 12.6 Å². The Morgan fingerprint density at radius 2 is 2.00 bits per heavy atom. The zero-order valence-corrected chi connectivity index (χ0v) is 8.23. The van der Waals surface area contributed by atoms with Gasteiger partial charge in [-0.2, -0.15) is 0 Å². The van der Waals surface area contributed by atoms with Crippen molar-refractivity contribution in [3.63, 3.8) is 0 Å². The van der Waals surface area contributed by atoms with E-state index in [1.807, 2.05) is 0 Å². The molecule has 0 aliphatic carbocycles. The predicted octanol–water partition coefficient (Wildman–Crippen LogP) is 1.75. The van der Waals surface area contributed by atoms with Gasteiger partial charge in [-0.05, 0) is 6.42 Å². The second-order valence-electron chi connectivity index (χ2n) is 3.23. The lowest BCUT2D eigenvalue weighted by atomic mass is 10.1. The van der Waals surface area contributed by atoms with Crippen LogP contribution in [0.2, 0.25) is 0 Å². The standard InChI is InChI=1S/C9H20F2N2/c1-2-3-4-5-8(6-12)13-7-9(10)11/h8-9,13H,2-7,12H2,1H3. The van der Waals surface area contributed by atoms with Gasteiger partial charge in [-0.15, -0.1) is 0 Å². The molecule has 0 rings (SSSR count). The van der Waals surface area contributed by atoms with E-state index in [1.165, 1.54) is 0 Å². The number of hydrogen-bond donors (Lipinski definition) is 2. The maximum Gasteiger partial charge on any atom is 0.250 e. The average Bonchev–Trinajstić information content (AvgIpc) is 2.10. The van der Waals surface area contributed by atoms with Gasteiger partial charge in [-0.3, -0.25) is 0 Å². The second kappa shape index (κ2) is 8.38. The van der Waals surface area contributed by atoms with Crippen LogP contribution in [0.3, 0.4) is 0 Å². The van der Waals surface area contributed by atoms with E-state index in [4.69, 9.17) is 5.73 Å². The summed E-state index contributed by atoms with van der Waals surface area (Å²) in [4.78, 5) is 0. The Bertz CT molecular complexity index is 110. The number of alkyl halides is 2. The fraction of sp³-hybridized carbons (Fsp3) is 1.00. The molecule has 0 amide bonds. The van der Waals surface area contributed by atoms with Crippen LogP contribution in [-0.2, 0) is 0 Å². The molecular formula is C9H20F2N2. The van der Waals surface area contributed by atoms with Gasteiger partial charge >= 0.3 is 0 Å².